The molecule has 0 radical (unpaired) electrons. The zero-order chi connectivity index (χ0) is 13.9. The minimum absolute atomic E-state index is 0.0286. The first-order valence-corrected chi connectivity index (χ1v) is 8.09. The van der Waals surface area contributed by atoms with Gasteiger partial charge in [0.1, 0.15) is 11.6 Å². The molecule has 1 aromatic heterocycles. The number of anilines is 1. The molecule has 3 rings (SSSR count). The molecule has 1 aromatic rings. The fourth-order valence-corrected chi connectivity index (χ4v) is 3.21. The van der Waals surface area contributed by atoms with Gasteiger partial charge in [-0.25, -0.2) is 4.98 Å². The van der Waals surface area contributed by atoms with Gasteiger partial charge in [0.2, 0.25) is 0 Å². The molecule has 20 heavy (non-hydrogen) atoms. The van der Waals surface area contributed by atoms with Crippen molar-refractivity contribution in [1.29, 1.82) is 0 Å². The fraction of sp³-hybridized carbons (Fsp3) is 0.750. The van der Waals surface area contributed by atoms with Crippen molar-refractivity contribution < 1.29 is 0 Å². The predicted octanol–water partition coefficient (Wildman–Crippen LogP) is 3.28. The average molecular weight is 275 g/mol. The van der Waals surface area contributed by atoms with Gasteiger partial charge in [-0.1, -0.05) is 26.2 Å². The number of hydrogen-bond donors (Lipinski definition) is 2. The first-order chi connectivity index (χ1) is 9.74. The van der Waals surface area contributed by atoms with Crippen molar-refractivity contribution in [3.63, 3.8) is 0 Å². The van der Waals surface area contributed by atoms with Crippen LogP contribution in [0.4, 0.5) is 5.82 Å². The second-order valence-corrected chi connectivity index (χ2v) is 6.47. The molecule has 110 valence electrons. The molecule has 0 aliphatic heterocycles. The van der Waals surface area contributed by atoms with Gasteiger partial charge in [0.25, 0.3) is 5.56 Å². The molecule has 0 bridgehead atoms. The molecular formula is C16H25N3O. The summed E-state index contributed by atoms with van der Waals surface area (Å²) < 4.78 is 0. The van der Waals surface area contributed by atoms with Crippen LogP contribution in [0, 0.1) is 11.8 Å². The van der Waals surface area contributed by atoms with Crippen LogP contribution in [0.25, 0.3) is 0 Å². The lowest BCUT2D eigenvalue weighted by molar-refractivity contribution is 0.278. The van der Waals surface area contributed by atoms with Crippen molar-refractivity contribution >= 4 is 5.82 Å². The van der Waals surface area contributed by atoms with E-state index in [1.54, 1.807) is 6.07 Å². The van der Waals surface area contributed by atoms with Gasteiger partial charge in [-0.15, -0.1) is 0 Å². The van der Waals surface area contributed by atoms with Crippen LogP contribution in [0.15, 0.2) is 10.9 Å². The number of aromatic amines is 1. The number of nitrogens with zero attached hydrogens (tertiary/aromatic N) is 1. The molecule has 2 saturated carbocycles. The van der Waals surface area contributed by atoms with Gasteiger partial charge < -0.3 is 10.3 Å². The van der Waals surface area contributed by atoms with E-state index in [2.05, 4.69) is 22.2 Å². The van der Waals surface area contributed by atoms with Crippen LogP contribution in [0.3, 0.4) is 0 Å². The number of aromatic nitrogens is 2. The lowest BCUT2D eigenvalue weighted by Gasteiger charge is -2.27. The number of rotatable bonds is 5. The molecule has 4 heteroatoms. The molecule has 0 spiro atoms. The molecule has 2 aliphatic carbocycles. The maximum absolute atomic E-state index is 11.6. The molecule has 0 saturated heterocycles. The second kappa shape index (κ2) is 5.98. The molecule has 2 fully saturated rings. The van der Waals surface area contributed by atoms with E-state index in [1.807, 2.05) is 0 Å². The standard InChI is InChI=1S/C16H25N3O/c1-2-11-3-5-12(6-4-11)10-17-14-9-15(20)19-16(18-14)13-7-8-13/h9,11-13H,2-8,10H2,1H3,(H2,17,18,19,20). The Morgan fingerprint density at radius 2 is 1.90 bits per heavy atom. The molecule has 0 amide bonds. The van der Waals surface area contributed by atoms with E-state index in [1.165, 1.54) is 32.1 Å². The minimum atomic E-state index is -0.0286. The Morgan fingerprint density at radius 1 is 1.20 bits per heavy atom. The van der Waals surface area contributed by atoms with Crippen molar-refractivity contribution in [2.75, 3.05) is 11.9 Å². The van der Waals surface area contributed by atoms with Crippen molar-refractivity contribution in [3.05, 3.63) is 22.2 Å². The highest BCUT2D eigenvalue weighted by Gasteiger charge is 2.26. The molecular weight excluding hydrogens is 250 g/mol. The molecule has 0 aromatic carbocycles. The van der Waals surface area contributed by atoms with E-state index in [4.69, 9.17) is 0 Å². The minimum Gasteiger partial charge on any atom is -0.370 e. The molecule has 0 unspecified atom stereocenters. The van der Waals surface area contributed by atoms with Crippen LogP contribution in [0.5, 0.6) is 0 Å². The van der Waals surface area contributed by atoms with E-state index in [0.29, 0.717) is 5.92 Å². The van der Waals surface area contributed by atoms with Gasteiger partial charge in [-0.05, 0) is 37.5 Å². The number of H-pyrrole nitrogens is 1. The summed E-state index contributed by atoms with van der Waals surface area (Å²) in [4.78, 5) is 19.0. The van der Waals surface area contributed by atoms with Crippen molar-refractivity contribution in [3.8, 4) is 0 Å². The van der Waals surface area contributed by atoms with Crippen molar-refractivity contribution in [2.45, 2.75) is 57.8 Å². The Kier molecular flexibility index (Phi) is 4.08. The van der Waals surface area contributed by atoms with Gasteiger partial charge in [0, 0.05) is 18.5 Å². The molecule has 2 aliphatic rings. The Bertz CT molecular complexity index is 499. The summed E-state index contributed by atoms with van der Waals surface area (Å²) in [7, 11) is 0. The van der Waals surface area contributed by atoms with Crippen LogP contribution in [-0.2, 0) is 0 Å². The highest BCUT2D eigenvalue weighted by molar-refractivity contribution is 5.34. The van der Waals surface area contributed by atoms with Crippen LogP contribution >= 0.6 is 0 Å². The third-order valence-electron chi connectivity index (χ3n) is 4.84. The summed E-state index contributed by atoms with van der Waals surface area (Å²) >= 11 is 0. The van der Waals surface area contributed by atoms with E-state index < -0.39 is 0 Å². The van der Waals surface area contributed by atoms with Crippen molar-refractivity contribution in [2.24, 2.45) is 11.8 Å². The van der Waals surface area contributed by atoms with Crippen LogP contribution in [0.1, 0.15) is 63.6 Å². The Balaban J connectivity index is 1.54. The largest absolute Gasteiger partial charge is 0.370 e. The summed E-state index contributed by atoms with van der Waals surface area (Å²) in [6.45, 7) is 3.25. The topological polar surface area (TPSA) is 57.8 Å². The summed E-state index contributed by atoms with van der Waals surface area (Å²) in [6.07, 6.45) is 8.98. The van der Waals surface area contributed by atoms with Crippen LogP contribution in [0.2, 0.25) is 0 Å². The van der Waals surface area contributed by atoms with E-state index in [0.717, 1.165) is 42.9 Å². The number of hydrogen-bond acceptors (Lipinski definition) is 3. The Labute approximate surface area is 120 Å². The smallest absolute Gasteiger partial charge is 0.252 e. The predicted molar refractivity (Wildman–Crippen MR) is 81.1 cm³/mol. The van der Waals surface area contributed by atoms with Gasteiger partial charge >= 0.3 is 0 Å². The lowest BCUT2D eigenvalue weighted by atomic mass is 9.81. The zero-order valence-electron chi connectivity index (χ0n) is 12.3. The molecule has 4 nitrogen and oxygen atoms in total. The average Bonchev–Trinajstić information content (AvgIpc) is 3.30. The zero-order valence-corrected chi connectivity index (χ0v) is 12.3. The summed E-state index contributed by atoms with van der Waals surface area (Å²) in [6, 6.07) is 1.59. The van der Waals surface area contributed by atoms with Gasteiger partial charge in [-0.3, -0.25) is 4.79 Å². The normalized spacial score (nSPS) is 26.4. The van der Waals surface area contributed by atoms with E-state index in [9.17, 15) is 4.79 Å². The number of nitrogens with one attached hydrogen (secondary N) is 2. The maximum atomic E-state index is 11.6. The first-order valence-electron chi connectivity index (χ1n) is 8.09. The Morgan fingerprint density at radius 3 is 2.55 bits per heavy atom. The van der Waals surface area contributed by atoms with E-state index in [-0.39, 0.29) is 5.56 Å². The summed E-state index contributed by atoms with van der Waals surface area (Å²) in [5.41, 5.74) is -0.0286. The van der Waals surface area contributed by atoms with Gasteiger partial charge in [-0.2, -0.15) is 0 Å². The molecule has 1 heterocycles. The monoisotopic (exact) mass is 275 g/mol. The van der Waals surface area contributed by atoms with Gasteiger partial charge in [0.15, 0.2) is 0 Å². The third kappa shape index (κ3) is 3.41. The van der Waals surface area contributed by atoms with Crippen LogP contribution < -0.4 is 10.9 Å². The van der Waals surface area contributed by atoms with Crippen LogP contribution in [-0.4, -0.2) is 16.5 Å². The highest BCUT2D eigenvalue weighted by atomic mass is 16.1. The van der Waals surface area contributed by atoms with Gasteiger partial charge in [0.05, 0.1) is 0 Å². The lowest BCUT2D eigenvalue weighted by Crippen LogP contribution is -2.22. The van der Waals surface area contributed by atoms with Crippen molar-refractivity contribution in [1.82, 2.24) is 9.97 Å². The summed E-state index contributed by atoms with van der Waals surface area (Å²) in [5, 5.41) is 3.38. The first kappa shape index (κ1) is 13.7. The molecule has 0 atom stereocenters. The SMILES string of the molecule is CCC1CCC(CNc2cc(=O)[nH]c(C3CC3)n2)CC1. The summed E-state index contributed by atoms with van der Waals surface area (Å²) in [5.74, 6) is 3.79. The highest BCUT2D eigenvalue weighted by Crippen LogP contribution is 2.37. The quantitative estimate of drug-likeness (QED) is 0.867. The Hall–Kier alpha value is -1.32. The maximum Gasteiger partial charge on any atom is 0.252 e. The fourth-order valence-electron chi connectivity index (χ4n) is 3.21. The third-order valence-corrected chi connectivity index (χ3v) is 4.84. The van der Waals surface area contributed by atoms with E-state index >= 15 is 0 Å². The molecule has 2 N–H and O–H groups in total. The second-order valence-electron chi connectivity index (χ2n) is 6.47.